The molecule has 1 aromatic carbocycles. The predicted molar refractivity (Wildman–Crippen MR) is 59.2 cm³/mol. The first-order valence-corrected chi connectivity index (χ1v) is 4.41. The van der Waals surface area contributed by atoms with Crippen LogP contribution in [0.15, 0.2) is 35.3 Å². The summed E-state index contributed by atoms with van der Waals surface area (Å²) in [6, 6.07) is 8.31. The molecule has 0 aliphatic rings. The van der Waals surface area contributed by atoms with E-state index in [0.717, 1.165) is 5.71 Å². The highest BCUT2D eigenvalue weighted by molar-refractivity contribution is 5.96. The van der Waals surface area contributed by atoms with Crippen LogP contribution in [0, 0.1) is 6.92 Å². The number of hydrogen-bond donors (Lipinski definition) is 0. The summed E-state index contributed by atoms with van der Waals surface area (Å²) in [5.74, 6) is 0. The van der Waals surface area contributed by atoms with Crippen LogP contribution in [0.25, 0.3) is 6.08 Å². The highest BCUT2D eigenvalue weighted by Crippen LogP contribution is 2.08. The average Bonchev–Trinajstić information content (AvgIpc) is 2.16. The summed E-state index contributed by atoms with van der Waals surface area (Å²) in [6.07, 6.45) is 4.12. The zero-order valence-corrected chi connectivity index (χ0v) is 8.41. The fourth-order valence-corrected chi connectivity index (χ4v) is 1.06. The Bertz CT molecular complexity index is 335. The van der Waals surface area contributed by atoms with Crippen LogP contribution in [-0.2, 0) is 0 Å². The second kappa shape index (κ2) is 4.61. The van der Waals surface area contributed by atoms with Crippen molar-refractivity contribution in [2.45, 2.75) is 13.8 Å². The van der Waals surface area contributed by atoms with Crippen LogP contribution in [0.1, 0.15) is 18.1 Å². The van der Waals surface area contributed by atoms with E-state index in [1.165, 1.54) is 11.1 Å². The molecule has 68 valence electrons. The average molecular weight is 173 g/mol. The minimum Gasteiger partial charge on any atom is -0.293 e. The second-order valence-corrected chi connectivity index (χ2v) is 3.05. The van der Waals surface area contributed by atoms with Crippen molar-refractivity contribution in [1.82, 2.24) is 0 Å². The number of benzene rings is 1. The monoisotopic (exact) mass is 173 g/mol. The number of allylic oxidation sites excluding steroid dienone is 1. The lowest BCUT2D eigenvalue weighted by Crippen LogP contribution is -1.84. The van der Waals surface area contributed by atoms with Crippen LogP contribution in [0.2, 0.25) is 0 Å². The predicted octanol–water partition coefficient (Wildman–Crippen LogP) is 3.10. The maximum Gasteiger partial charge on any atom is 0.0314 e. The Morgan fingerprint density at radius 3 is 2.62 bits per heavy atom. The van der Waals surface area contributed by atoms with E-state index in [9.17, 15) is 0 Å². The lowest BCUT2D eigenvalue weighted by atomic mass is 10.1. The van der Waals surface area contributed by atoms with Gasteiger partial charge >= 0.3 is 0 Å². The molecule has 1 rings (SSSR count). The van der Waals surface area contributed by atoms with E-state index >= 15 is 0 Å². The highest BCUT2D eigenvalue weighted by Gasteiger charge is 1.90. The van der Waals surface area contributed by atoms with Gasteiger partial charge in [-0.25, -0.2) is 0 Å². The maximum absolute atomic E-state index is 4.06. The lowest BCUT2D eigenvalue weighted by Gasteiger charge is -1.97. The molecule has 0 N–H and O–H groups in total. The molecule has 1 nitrogen and oxygen atoms in total. The summed E-state index contributed by atoms with van der Waals surface area (Å²) >= 11 is 0. The molecule has 0 aromatic heterocycles. The first-order chi connectivity index (χ1) is 6.24. The van der Waals surface area contributed by atoms with Crippen molar-refractivity contribution in [1.29, 1.82) is 0 Å². The maximum atomic E-state index is 4.06. The quantitative estimate of drug-likeness (QED) is 0.609. The van der Waals surface area contributed by atoms with Gasteiger partial charge in [-0.15, -0.1) is 0 Å². The molecule has 0 heterocycles. The first-order valence-electron chi connectivity index (χ1n) is 4.41. The van der Waals surface area contributed by atoms with Gasteiger partial charge < -0.3 is 0 Å². The van der Waals surface area contributed by atoms with Gasteiger partial charge in [-0.1, -0.05) is 30.3 Å². The minimum atomic E-state index is 1.04. The molecular weight excluding hydrogens is 158 g/mol. The number of rotatable bonds is 2. The first kappa shape index (κ1) is 9.72. The zero-order valence-electron chi connectivity index (χ0n) is 8.41. The van der Waals surface area contributed by atoms with E-state index in [2.05, 4.69) is 30.1 Å². The number of aliphatic imine (C=N–C) groups is 1. The fourth-order valence-electron chi connectivity index (χ4n) is 1.06. The smallest absolute Gasteiger partial charge is 0.0314 e. The van der Waals surface area contributed by atoms with Crippen LogP contribution in [0.5, 0.6) is 0 Å². The third kappa shape index (κ3) is 2.86. The summed E-state index contributed by atoms with van der Waals surface area (Å²) in [5, 5.41) is 0. The fraction of sp³-hybridized carbons (Fsp3) is 0.250. The van der Waals surface area contributed by atoms with Crippen LogP contribution in [-0.4, -0.2) is 12.8 Å². The molecule has 0 aliphatic heterocycles. The molecule has 0 saturated carbocycles. The Kier molecular flexibility index (Phi) is 3.44. The third-order valence-electron chi connectivity index (χ3n) is 2.05. The largest absolute Gasteiger partial charge is 0.293 e. The molecule has 0 saturated heterocycles. The van der Waals surface area contributed by atoms with E-state index in [-0.39, 0.29) is 0 Å². The summed E-state index contributed by atoms with van der Waals surface area (Å²) in [4.78, 5) is 4.06. The number of hydrogen-bond acceptors (Lipinski definition) is 1. The second-order valence-electron chi connectivity index (χ2n) is 3.05. The molecule has 0 fully saturated rings. The van der Waals surface area contributed by atoms with Gasteiger partial charge in [0, 0.05) is 12.8 Å². The molecule has 0 unspecified atom stereocenters. The third-order valence-corrected chi connectivity index (χ3v) is 2.05. The molecule has 0 spiro atoms. The summed E-state index contributed by atoms with van der Waals surface area (Å²) in [7, 11) is 1.80. The molecule has 0 bridgehead atoms. The molecule has 1 aromatic rings. The Balaban J connectivity index is 2.86. The van der Waals surface area contributed by atoms with Crippen LogP contribution in [0.4, 0.5) is 0 Å². The van der Waals surface area contributed by atoms with Crippen LogP contribution in [0.3, 0.4) is 0 Å². The highest BCUT2D eigenvalue weighted by atomic mass is 14.7. The van der Waals surface area contributed by atoms with Gasteiger partial charge in [0.05, 0.1) is 0 Å². The van der Waals surface area contributed by atoms with Crippen molar-refractivity contribution in [3.8, 4) is 0 Å². The van der Waals surface area contributed by atoms with Gasteiger partial charge in [0.1, 0.15) is 0 Å². The molecule has 0 amide bonds. The van der Waals surface area contributed by atoms with Crippen molar-refractivity contribution in [2.75, 3.05) is 7.05 Å². The normalized spacial score (nSPS) is 12.4. The van der Waals surface area contributed by atoms with Gasteiger partial charge in [-0.2, -0.15) is 0 Å². The van der Waals surface area contributed by atoms with Crippen molar-refractivity contribution in [2.24, 2.45) is 4.99 Å². The van der Waals surface area contributed by atoms with Crippen molar-refractivity contribution in [3.05, 3.63) is 41.5 Å². The zero-order chi connectivity index (χ0) is 9.68. The van der Waals surface area contributed by atoms with Crippen molar-refractivity contribution in [3.63, 3.8) is 0 Å². The van der Waals surface area contributed by atoms with E-state index in [1.54, 1.807) is 7.05 Å². The van der Waals surface area contributed by atoms with Crippen LogP contribution < -0.4 is 0 Å². The van der Waals surface area contributed by atoms with Gasteiger partial charge in [-0.05, 0) is 31.1 Å². The standard InChI is InChI=1S/C12H15N/c1-10-6-4-5-7-12(10)9-8-11(2)13-3/h4-9H,1-3H3/b9-8-,13-11?. The Morgan fingerprint density at radius 1 is 1.31 bits per heavy atom. The Hall–Kier alpha value is -1.37. The Labute approximate surface area is 79.8 Å². The van der Waals surface area contributed by atoms with E-state index in [4.69, 9.17) is 0 Å². The minimum absolute atomic E-state index is 1.04. The Morgan fingerprint density at radius 2 is 2.00 bits per heavy atom. The molecule has 1 heteroatoms. The molecular formula is C12H15N. The van der Waals surface area contributed by atoms with Crippen molar-refractivity contribution < 1.29 is 0 Å². The van der Waals surface area contributed by atoms with Gasteiger partial charge in [0.15, 0.2) is 0 Å². The number of nitrogens with zero attached hydrogens (tertiary/aromatic N) is 1. The van der Waals surface area contributed by atoms with Gasteiger partial charge in [-0.3, -0.25) is 4.99 Å². The molecule has 0 atom stereocenters. The molecule has 0 aliphatic carbocycles. The molecule has 0 radical (unpaired) electrons. The van der Waals surface area contributed by atoms with Gasteiger partial charge in [0.2, 0.25) is 0 Å². The summed E-state index contributed by atoms with van der Waals surface area (Å²) < 4.78 is 0. The number of aryl methyl sites for hydroxylation is 1. The summed E-state index contributed by atoms with van der Waals surface area (Å²) in [6.45, 7) is 4.10. The van der Waals surface area contributed by atoms with E-state index in [0.29, 0.717) is 0 Å². The topological polar surface area (TPSA) is 12.4 Å². The van der Waals surface area contributed by atoms with Crippen molar-refractivity contribution >= 4 is 11.8 Å². The molecule has 13 heavy (non-hydrogen) atoms. The lowest BCUT2D eigenvalue weighted by molar-refractivity contribution is 1.43. The van der Waals surface area contributed by atoms with E-state index < -0.39 is 0 Å². The van der Waals surface area contributed by atoms with E-state index in [1.807, 2.05) is 25.1 Å². The van der Waals surface area contributed by atoms with Crippen LogP contribution >= 0.6 is 0 Å². The SMILES string of the molecule is CN=C(C)/C=C\c1ccccc1C. The van der Waals surface area contributed by atoms with Gasteiger partial charge in [0.25, 0.3) is 0 Å². The summed E-state index contributed by atoms with van der Waals surface area (Å²) in [5.41, 5.74) is 3.59.